The summed E-state index contributed by atoms with van der Waals surface area (Å²) in [5, 5.41) is 6.00. The number of carbonyl (C=O) groups is 1. The van der Waals surface area contributed by atoms with Crippen LogP contribution in [0.2, 0.25) is 0 Å². The van der Waals surface area contributed by atoms with Gasteiger partial charge in [0.2, 0.25) is 5.91 Å². The standard InChI is InChI=1S/C18H28N2O3S/c1-13-11-14(2)16(15(3)12-13)5-8-20-17(21)18(24(4,22)23)6-9-19-10-7-18/h11-12,19H,5-10H2,1-4H3,(H,20,21). The number of rotatable bonds is 5. The summed E-state index contributed by atoms with van der Waals surface area (Å²) >= 11 is 0. The largest absolute Gasteiger partial charge is 0.354 e. The molecule has 1 amide bonds. The van der Waals surface area contributed by atoms with Crippen LogP contribution in [0.3, 0.4) is 0 Å². The average Bonchev–Trinajstić information content (AvgIpc) is 2.49. The zero-order chi connectivity index (χ0) is 18.0. The molecule has 0 bridgehead atoms. The van der Waals surface area contributed by atoms with E-state index in [1.807, 2.05) is 0 Å². The molecular formula is C18H28N2O3S. The highest BCUT2D eigenvalue weighted by Crippen LogP contribution is 2.28. The topological polar surface area (TPSA) is 75.3 Å². The monoisotopic (exact) mass is 352 g/mol. The van der Waals surface area contributed by atoms with Crippen molar-refractivity contribution < 1.29 is 13.2 Å². The van der Waals surface area contributed by atoms with Crippen molar-refractivity contribution in [2.24, 2.45) is 0 Å². The molecule has 1 heterocycles. The van der Waals surface area contributed by atoms with Crippen molar-refractivity contribution in [2.45, 2.75) is 44.8 Å². The molecule has 0 saturated carbocycles. The van der Waals surface area contributed by atoms with E-state index < -0.39 is 14.6 Å². The molecule has 1 aliphatic heterocycles. The minimum absolute atomic E-state index is 0.334. The Kier molecular flexibility index (Phi) is 5.71. The summed E-state index contributed by atoms with van der Waals surface area (Å²) in [5.41, 5.74) is 4.87. The number of nitrogens with one attached hydrogen (secondary N) is 2. The molecule has 5 nitrogen and oxygen atoms in total. The van der Waals surface area contributed by atoms with Gasteiger partial charge in [0.1, 0.15) is 0 Å². The zero-order valence-corrected chi connectivity index (χ0v) is 15.8. The van der Waals surface area contributed by atoms with Gasteiger partial charge in [-0.25, -0.2) is 8.42 Å². The predicted octanol–water partition coefficient (Wildman–Crippen LogP) is 1.44. The first kappa shape index (κ1) is 18.9. The number of aryl methyl sites for hydroxylation is 3. The molecule has 0 unspecified atom stereocenters. The summed E-state index contributed by atoms with van der Waals surface area (Å²) in [5.74, 6) is -0.353. The summed E-state index contributed by atoms with van der Waals surface area (Å²) in [4.78, 5) is 12.7. The minimum atomic E-state index is -3.46. The Hall–Kier alpha value is -1.40. The van der Waals surface area contributed by atoms with E-state index >= 15 is 0 Å². The molecule has 24 heavy (non-hydrogen) atoms. The van der Waals surface area contributed by atoms with E-state index in [0.29, 0.717) is 38.9 Å². The van der Waals surface area contributed by atoms with Gasteiger partial charge in [0.05, 0.1) is 0 Å². The van der Waals surface area contributed by atoms with Crippen LogP contribution in [0.5, 0.6) is 0 Å². The first-order valence-corrected chi connectivity index (χ1v) is 10.3. The van der Waals surface area contributed by atoms with E-state index in [2.05, 4.69) is 43.5 Å². The Bertz CT molecular complexity index is 697. The van der Waals surface area contributed by atoms with Crippen LogP contribution < -0.4 is 10.6 Å². The second-order valence-electron chi connectivity index (χ2n) is 6.90. The lowest BCUT2D eigenvalue weighted by Gasteiger charge is -2.34. The van der Waals surface area contributed by atoms with Crippen molar-refractivity contribution >= 4 is 15.7 Å². The summed E-state index contributed by atoms with van der Waals surface area (Å²) in [6, 6.07) is 4.27. The third kappa shape index (κ3) is 3.81. The summed E-state index contributed by atoms with van der Waals surface area (Å²) in [6.07, 6.45) is 2.55. The number of amides is 1. The van der Waals surface area contributed by atoms with Crippen molar-refractivity contribution in [3.8, 4) is 0 Å². The average molecular weight is 353 g/mol. The third-order valence-electron chi connectivity index (χ3n) is 5.04. The van der Waals surface area contributed by atoms with Crippen molar-refractivity contribution in [2.75, 3.05) is 25.9 Å². The quantitative estimate of drug-likeness (QED) is 0.841. The van der Waals surface area contributed by atoms with Crippen molar-refractivity contribution in [3.05, 3.63) is 34.4 Å². The molecule has 134 valence electrons. The molecule has 1 fully saturated rings. The van der Waals surface area contributed by atoms with E-state index in [4.69, 9.17) is 0 Å². The Morgan fingerprint density at radius 3 is 2.21 bits per heavy atom. The lowest BCUT2D eigenvalue weighted by Crippen LogP contribution is -2.57. The highest BCUT2D eigenvalue weighted by Gasteiger charge is 2.48. The molecule has 1 saturated heterocycles. The van der Waals surface area contributed by atoms with E-state index in [9.17, 15) is 13.2 Å². The third-order valence-corrected chi connectivity index (χ3v) is 7.05. The molecule has 2 N–H and O–H groups in total. The Morgan fingerprint density at radius 1 is 1.17 bits per heavy atom. The molecule has 1 aromatic rings. The van der Waals surface area contributed by atoms with E-state index in [1.165, 1.54) is 28.5 Å². The van der Waals surface area contributed by atoms with Gasteiger partial charge in [-0.05, 0) is 69.8 Å². The minimum Gasteiger partial charge on any atom is -0.354 e. The number of sulfone groups is 1. The van der Waals surface area contributed by atoms with Gasteiger partial charge in [0.25, 0.3) is 0 Å². The number of carbonyl (C=O) groups excluding carboxylic acids is 1. The first-order chi connectivity index (χ1) is 11.2. The molecule has 1 aromatic carbocycles. The van der Waals surface area contributed by atoms with E-state index in [-0.39, 0.29) is 5.91 Å². The highest BCUT2D eigenvalue weighted by molar-refractivity contribution is 7.92. The molecule has 0 atom stereocenters. The predicted molar refractivity (Wildman–Crippen MR) is 97.0 cm³/mol. The van der Waals surface area contributed by atoms with Gasteiger partial charge < -0.3 is 10.6 Å². The maximum atomic E-state index is 12.7. The van der Waals surface area contributed by atoms with Gasteiger partial charge in [-0.2, -0.15) is 0 Å². The van der Waals surface area contributed by atoms with Gasteiger partial charge in [0, 0.05) is 12.8 Å². The summed E-state index contributed by atoms with van der Waals surface area (Å²) in [6.45, 7) is 7.77. The van der Waals surface area contributed by atoms with Crippen LogP contribution in [0, 0.1) is 20.8 Å². The van der Waals surface area contributed by atoms with E-state index in [1.54, 1.807) is 0 Å². The van der Waals surface area contributed by atoms with Crippen LogP contribution in [-0.2, 0) is 21.1 Å². The highest BCUT2D eigenvalue weighted by atomic mass is 32.2. The number of hydrogen-bond donors (Lipinski definition) is 2. The van der Waals surface area contributed by atoms with Crippen LogP contribution in [-0.4, -0.2) is 45.0 Å². The summed E-state index contributed by atoms with van der Waals surface area (Å²) < 4.78 is 23.2. The van der Waals surface area contributed by atoms with Gasteiger partial charge in [0.15, 0.2) is 14.6 Å². The molecule has 0 aliphatic carbocycles. The normalized spacial score (nSPS) is 17.5. The lowest BCUT2D eigenvalue weighted by molar-refractivity contribution is -0.124. The fourth-order valence-corrected chi connectivity index (χ4v) is 5.02. The fraction of sp³-hybridized carbons (Fsp3) is 0.611. The molecule has 6 heteroatoms. The number of piperidine rings is 1. The smallest absolute Gasteiger partial charge is 0.241 e. The lowest BCUT2D eigenvalue weighted by atomic mass is 9.95. The number of benzene rings is 1. The van der Waals surface area contributed by atoms with Gasteiger partial charge in [-0.15, -0.1) is 0 Å². The van der Waals surface area contributed by atoms with Crippen LogP contribution in [0.4, 0.5) is 0 Å². The van der Waals surface area contributed by atoms with Crippen LogP contribution in [0.1, 0.15) is 35.1 Å². The molecular weight excluding hydrogens is 324 g/mol. The molecule has 0 radical (unpaired) electrons. The molecule has 0 aromatic heterocycles. The second-order valence-corrected chi connectivity index (χ2v) is 9.23. The maximum Gasteiger partial charge on any atom is 0.241 e. The van der Waals surface area contributed by atoms with Crippen molar-refractivity contribution in [1.29, 1.82) is 0 Å². The van der Waals surface area contributed by atoms with Gasteiger partial charge >= 0.3 is 0 Å². The Morgan fingerprint density at radius 2 is 1.71 bits per heavy atom. The summed E-state index contributed by atoms with van der Waals surface area (Å²) in [7, 11) is -3.46. The van der Waals surface area contributed by atoms with Crippen molar-refractivity contribution in [3.63, 3.8) is 0 Å². The fourth-order valence-electron chi connectivity index (χ4n) is 3.66. The van der Waals surface area contributed by atoms with Crippen LogP contribution >= 0.6 is 0 Å². The first-order valence-electron chi connectivity index (χ1n) is 8.43. The van der Waals surface area contributed by atoms with Crippen LogP contribution in [0.25, 0.3) is 0 Å². The van der Waals surface area contributed by atoms with Crippen molar-refractivity contribution in [1.82, 2.24) is 10.6 Å². The SMILES string of the molecule is Cc1cc(C)c(CCNC(=O)C2(S(C)(=O)=O)CCNCC2)c(C)c1. The van der Waals surface area contributed by atoms with Crippen LogP contribution in [0.15, 0.2) is 12.1 Å². The van der Waals surface area contributed by atoms with Gasteiger partial charge in [-0.3, -0.25) is 4.79 Å². The maximum absolute atomic E-state index is 12.7. The number of hydrogen-bond acceptors (Lipinski definition) is 4. The Balaban J connectivity index is 2.07. The Labute approximate surface area is 145 Å². The molecule has 2 rings (SSSR count). The van der Waals surface area contributed by atoms with E-state index in [0.717, 1.165) is 0 Å². The molecule has 1 aliphatic rings. The molecule has 0 spiro atoms. The zero-order valence-electron chi connectivity index (χ0n) is 15.0. The second kappa shape index (κ2) is 7.23. The van der Waals surface area contributed by atoms with Gasteiger partial charge in [-0.1, -0.05) is 17.7 Å².